The van der Waals surface area contributed by atoms with Gasteiger partial charge in [0.2, 0.25) is 11.7 Å². The molecule has 0 atom stereocenters. The quantitative estimate of drug-likeness (QED) is 0.845. The van der Waals surface area contributed by atoms with Gasteiger partial charge in [-0.25, -0.2) is 4.98 Å². The van der Waals surface area contributed by atoms with Crippen LogP contribution in [0.15, 0.2) is 12.1 Å². The van der Waals surface area contributed by atoms with Crippen molar-refractivity contribution in [1.29, 1.82) is 0 Å². The van der Waals surface area contributed by atoms with E-state index in [0.29, 0.717) is 5.75 Å². The third-order valence-electron chi connectivity index (χ3n) is 3.37. The van der Waals surface area contributed by atoms with Gasteiger partial charge in [-0.3, -0.25) is 0 Å². The highest BCUT2D eigenvalue weighted by molar-refractivity contribution is 5.74. The first kappa shape index (κ1) is 18.4. The average molecular weight is 358 g/mol. The van der Waals surface area contributed by atoms with Crippen LogP contribution in [0.2, 0.25) is 0 Å². The largest absolute Gasteiger partial charge is 0.493 e. The summed E-state index contributed by atoms with van der Waals surface area (Å²) < 4.78 is 54.4. The molecule has 0 aliphatic carbocycles. The van der Waals surface area contributed by atoms with Crippen LogP contribution in [0.1, 0.15) is 5.56 Å². The molecule has 1 heterocycles. The van der Waals surface area contributed by atoms with E-state index in [-0.39, 0.29) is 40.1 Å². The SMILES string of the molecule is COc1cc(-c2nc(N)nc(N)c2CC(F)(F)F)cc(OC)c1OC. The Morgan fingerprint density at radius 2 is 1.52 bits per heavy atom. The van der Waals surface area contributed by atoms with Crippen LogP contribution in [0.4, 0.5) is 24.9 Å². The second-order valence-electron chi connectivity index (χ2n) is 5.00. The second kappa shape index (κ2) is 6.91. The van der Waals surface area contributed by atoms with Crippen LogP contribution in [0, 0.1) is 0 Å². The normalized spacial score (nSPS) is 11.3. The van der Waals surface area contributed by atoms with Gasteiger partial charge < -0.3 is 25.7 Å². The molecular weight excluding hydrogens is 341 g/mol. The Kier molecular flexibility index (Phi) is 5.10. The monoisotopic (exact) mass is 358 g/mol. The predicted octanol–water partition coefficient (Wildman–Crippen LogP) is 2.44. The standard InChI is InChI=1S/C15H17F3N4O3/c1-23-9-4-7(5-10(24-2)12(9)25-3)11-8(6-15(16,17)18)13(19)22-14(20)21-11/h4-5H,6H2,1-3H3,(H4,19,20,21,22). The Bertz CT molecular complexity index is 756. The summed E-state index contributed by atoms with van der Waals surface area (Å²) in [5.41, 5.74) is 11.1. The Morgan fingerprint density at radius 3 is 1.96 bits per heavy atom. The van der Waals surface area contributed by atoms with E-state index in [2.05, 4.69) is 9.97 Å². The lowest BCUT2D eigenvalue weighted by Gasteiger charge is -2.17. The van der Waals surface area contributed by atoms with E-state index in [9.17, 15) is 13.2 Å². The minimum absolute atomic E-state index is 0.0541. The first-order valence-corrected chi connectivity index (χ1v) is 6.99. The molecule has 1 aromatic heterocycles. The molecule has 136 valence electrons. The van der Waals surface area contributed by atoms with Gasteiger partial charge in [0.15, 0.2) is 11.5 Å². The van der Waals surface area contributed by atoms with Crippen LogP contribution >= 0.6 is 0 Å². The molecule has 0 saturated heterocycles. The number of methoxy groups -OCH3 is 3. The molecule has 0 amide bonds. The summed E-state index contributed by atoms with van der Waals surface area (Å²) >= 11 is 0. The van der Waals surface area contributed by atoms with Crippen molar-refractivity contribution in [2.45, 2.75) is 12.6 Å². The molecule has 7 nitrogen and oxygen atoms in total. The van der Waals surface area contributed by atoms with Gasteiger partial charge in [0.25, 0.3) is 0 Å². The van der Waals surface area contributed by atoms with E-state index in [0.717, 1.165) is 0 Å². The zero-order valence-electron chi connectivity index (χ0n) is 13.8. The summed E-state index contributed by atoms with van der Waals surface area (Å²) in [4.78, 5) is 7.55. The van der Waals surface area contributed by atoms with Crippen LogP contribution in [-0.4, -0.2) is 37.5 Å². The highest BCUT2D eigenvalue weighted by Gasteiger charge is 2.32. The van der Waals surface area contributed by atoms with E-state index in [1.165, 1.54) is 33.5 Å². The van der Waals surface area contributed by atoms with Gasteiger partial charge >= 0.3 is 6.18 Å². The van der Waals surface area contributed by atoms with Crippen molar-refractivity contribution < 1.29 is 27.4 Å². The molecular formula is C15H17F3N4O3. The van der Waals surface area contributed by atoms with Crippen LogP contribution in [0.25, 0.3) is 11.3 Å². The van der Waals surface area contributed by atoms with Gasteiger partial charge in [-0.05, 0) is 12.1 Å². The maximum Gasteiger partial charge on any atom is 0.393 e. The van der Waals surface area contributed by atoms with Crippen molar-refractivity contribution in [2.75, 3.05) is 32.8 Å². The summed E-state index contributed by atoms with van der Waals surface area (Å²) in [7, 11) is 4.19. The number of benzene rings is 1. The maximum absolute atomic E-state index is 12.9. The molecule has 0 aliphatic rings. The number of anilines is 2. The minimum atomic E-state index is -4.50. The van der Waals surface area contributed by atoms with Crippen molar-refractivity contribution in [3.05, 3.63) is 17.7 Å². The summed E-state index contributed by atoms with van der Waals surface area (Å²) in [6, 6.07) is 2.92. The first-order chi connectivity index (χ1) is 11.7. The molecule has 4 N–H and O–H groups in total. The van der Waals surface area contributed by atoms with Crippen LogP contribution < -0.4 is 25.7 Å². The van der Waals surface area contributed by atoms with E-state index in [1.54, 1.807) is 0 Å². The fourth-order valence-electron chi connectivity index (χ4n) is 2.35. The van der Waals surface area contributed by atoms with Crippen molar-refractivity contribution >= 4 is 11.8 Å². The van der Waals surface area contributed by atoms with E-state index < -0.39 is 12.6 Å². The number of hydrogen-bond acceptors (Lipinski definition) is 7. The number of rotatable bonds is 5. The molecule has 0 saturated carbocycles. The number of nitrogens with zero attached hydrogens (tertiary/aromatic N) is 2. The van der Waals surface area contributed by atoms with Crippen molar-refractivity contribution in [1.82, 2.24) is 9.97 Å². The van der Waals surface area contributed by atoms with E-state index in [1.807, 2.05) is 0 Å². The molecule has 0 aliphatic heterocycles. The fraction of sp³-hybridized carbons (Fsp3) is 0.333. The maximum atomic E-state index is 12.9. The highest BCUT2D eigenvalue weighted by Crippen LogP contribution is 2.42. The number of nitrogen functional groups attached to an aromatic ring is 2. The average Bonchev–Trinajstić information content (AvgIpc) is 2.54. The first-order valence-electron chi connectivity index (χ1n) is 6.99. The van der Waals surface area contributed by atoms with Gasteiger partial charge in [-0.2, -0.15) is 18.2 Å². The molecule has 10 heteroatoms. The fourth-order valence-corrected chi connectivity index (χ4v) is 2.35. The molecule has 1 aromatic carbocycles. The number of halogens is 3. The van der Waals surface area contributed by atoms with Gasteiger partial charge in [-0.1, -0.05) is 0 Å². The summed E-state index contributed by atoms with van der Waals surface area (Å²) in [5, 5.41) is 0. The minimum Gasteiger partial charge on any atom is -0.493 e. The summed E-state index contributed by atoms with van der Waals surface area (Å²) in [5.74, 6) is 0.220. The van der Waals surface area contributed by atoms with E-state index in [4.69, 9.17) is 25.7 Å². The third-order valence-corrected chi connectivity index (χ3v) is 3.37. The lowest BCUT2D eigenvalue weighted by Crippen LogP contribution is -2.16. The number of nitrogens with two attached hydrogens (primary N) is 2. The lowest BCUT2D eigenvalue weighted by molar-refractivity contribution is -0.127. The molecule has 0 bridgehead atoms. The van der Waals surface area contributed by atoms with Gasteiger partial charge in [-0.15, -0.1) is 0 Å². The molecule has 25 heavy (non-hydrogen) atoms. The zero-order valence-corrected chi connectivity index (χ0v) is 13.8. The highest BCUT2D eigenvalue weighted by atomic mass is 19.4. The summed E-state index contributed by atoms with van der Waals surface area (Å²) in [6.07, 6.45) is -5.80. The Labute approximate surface area is 141 Å². The Hall–Kier alpha value is -2.91. The van der Waals surface area contributed by atoms with Crippen LogP contribution in [0.5, 0.6) is 17.2 Å². The van der Waals surface area contributed by atoms with Crippen molar-refractivity contribution in [3.63, 3.8) is 0 Å². The van der Waals surface area contributed by atoms with Gasteiger partial charge in [0.1, 0.15) is 5.82 Å². The molecule has 2 aromatic rings. The molecule has 0 spiro atoms. The smallest absolute Gasteiger partial charge is 0.393 e. The molecule has 0 unspecified atom stereocenters. The van der Waals surface area contributed by atoms with Gasteiger partial charge in [0, 0.05) is 11.1 Å². The van der Waals surface area contributed by atoms with Gasteiger partial charge in [0.05, 0.1) is 33.4 Å². The van der Waals surface area contributed by atoms with E-state index >= 15 is 0 Å². The van der Waals surface area contributed by atoms with Crippen LogP contribution in [-0.2, 0) is 6.42 Å². The Morgan fingerprint density at radius 1 is 0.960 bits per heavy atom. The summed E-state index contributed by atoms with van der Waals surface area (Å²) in [6.45, 7) is 0. The Balaban J connectivity index is 2.73. The molecule has 0 radical (unpaired) electrons. The second-order valence-corrected chi connectivity index (χ2v) is 5.00. The zero-order chi connectivity index (χ0) is 18.8. The number of hydrogen-bond donors (Lipinski definition) is 2. The van der Waals surface area contributed by atoms with Crippen molar-refractivity contribution in [2.24, 2.45) is 0 Å². The number of ether oxygens (including phenoxy) is 3. The number of alkyl halides is 3. The molecule has 2 rings (SSSR count). The number of aromatic nitrogens is 2. The lowest BCUT2D eigenvalue weighted by atomic mass is 10.0. The van der Waals surface area contributed by atoms with Crippen molar-refractivity contribution in [3.8, 4) is 28.5 Å². The molecule has 0 fully saturated rings. The topological polar surface area (TPSA) is 106 Å². The predicted molar refractivity (Wildman–Crippen MR) is 85.7 cm³/mol. The van der Waals surface area contributed by atoms with Crippen LogP contribution in [0.3, 0.4) is 0 Å². The third kappa shape index (κ3) is 3.95.